The van der Waals surface area contributed by atoms with Crippen molar-refractivity contribution >= 4 is 5.82 Å². The van der Waals surface area contributed by atoms with Gasteiger partial charge < -0.3 is 9.80 Å². The topological polar surface area (TPSA) is 19.4 Å². The molecule has 1 saturated heterocycles. The number of pyridine rings is 1. The molecule has 1 atom stereocenters. The molecule has 1 aromatic heterocycles. The number of rotatable bonds is 0. The van der Waals surface area contributed by atoms with E-state index in [1.807, 2.05) is 6.20 Å². The highest BCUT2D eigenvalue weighted by Gasteiger charge is 2.32. The van der Waals surface area contributed by atoms with Gasteiger partial charge in [-0.25, -0.2) is 4.98 Å². The number of anilines is 1. The smallest absolute Gasteiger partial charge is 0.132 e. The van der Waals surface area contributed by atoms with E-state index in [9.17, 15) is 0 Å². The fourth-order valence-corrected chi connectivity index (χ4v) is 3.49. The summed E-state index contributed by atoms with van der Waals surface area (Å²) in [5.74, 6) is 1.18. The lowest BCUT2D eigenvalue weighted by Gasteiger charge is -2.41. The molecule has 2 aliphatic rings. The Balaban J connectivity index is 1.90. The largest absolute Gasteiger partial charge is 0.347 e. The molecule has 0 aliphatic carbocycles. The molecule has 3 nitrogen and oxygen atoms in total. The van der Waals surface area contributed by atoms with Crippen molar-refractivity contribution in [1.29, 1.82) is 0 Å². The molecular formula is C17H19N3. The minimum absolute atomic E-state index is 0.432. The summed E-state index contributed by atoms with van der Waals surface area (Å²) >= 11 is 0. The Hall–Kier alpha value is -1.87. The Morgan fingerprint density at radius 1 is 1.05 bits per heavy atom. The molecule has 1 fully saturated rings. The number of hydrogen-bond donors (Lipinski definition) is 0. The maximum atomic E-state index is 4.68. The first-order chi connectivity index (χ1) is 9.83. The zero-order chi connectivity index (χ0) is 13.5. The van der Waals surface area contributed by atoms with Crippen molar-refractivity contribution in [1.82, 2.24) is 9.88 Å². The van der Waals surface area contributed by atoms with Gasteiger partial charge in [0, 0.05) is 32.3 Å². The molecule has 1 aromatic carbocycles. The predicted octanol–water partition coefficient (Wildman–Crippen LogP) is 2.48. The Kier molecular flexibility index (Phi) is 2.74. The van der Waals surface area contributed by atoms with Gasteiger partial charge in [-0.1, -0.05) is 30.3 Å². The van der Waals surface area contributed by atoms with E-state index in [-0.39, 0.29) is 0 Å². The summed E-state index contributed by atoms with van der Waals surface area (Å²) < 4.78 is 0. The standard InChI is InChI=1S/C17H19N3/c1-19-9-10-20-16(12-19)15-7-3-2-5-13(15)11-14-6-4-8-18-17(14)20/h2-8,16H,9-12H2,1H3/i1-1. The van der Waals surface area contributed by atoms with Gasteiger partial charge in [-0.15, -0.1) is 0 Å². The van der Waals surface area contributed by atoms with E-state index in [1.54, 1.807) is 0 Å². The summed E-state index contributed by atoms with van der Waals surface area (Å²) in [7, 11) is 2.21. The second kappa shape index (κ2) is 4.60. The average molecular weight is 264 g/mol. The molecule has 3 heteroatoms. The van der Waals surface area contributed by atoms with Crippen LogP contribution in [0.3, 0.4) is 0 Å². The maximum absolute atomic E-state index is 4.68. The molecule has 3 heterocycles. The quantitative estimate of drug-likeness (QED) is 0.728. The minimum Gasteiger partial charge on any atom is -0.347 e. The van der Waals surface area contributed by atoms with Gasteiger partial charge in [0.15, 0.2) is 0 Å². The van der Waals surface area contributed by atoms with Crippen LogP contribution in [0, 0.1) is 0 Å². The van der Waals surface area contributed by atoms with Crippen LogP contribution >= 0.6 is 0 Å². The van der Waals surface area contributed by atoms with Crippen LogP contribution in [0.1, 0.15) is 22.7 Å². The molecule has 4 rings (SSSR count). The first kappa shape index (κ1) is 11.9. The molecule has 102 valence electrons. The lowest BCUT2D eigenvalue weighted by Crippen LogP contribution is -2.47. The Bertz CT molecular complexity index is 638. The third-order valence-corrected chi connectivity index (χ3v) is 4.52. The second-order valence-electron chi connectivity index (χ2n) is 5.83. The van der Waals surface area contributed by atoms with Gasteiger partial charge in [-0.3, -0.25) is 0 Å². The molecule has 0 spiro atoms. The summed E-state index contributed by atoms with van der Waals surface area (Å²) in [5, 5.41) is 0. The van der Waals surface area contributed by atoms with E-state index in [2.05, 4.69) is 58.2 Å². The van der Waals surface area contributed by atoms with Gasteiger partial charge in [0.1, 0.15) is 5.82 Å². The van der Waals surface area contributed by atoms with Crippen LogP contribution in [0.2, 0.25) is 0 Å². The van der Waals surface area contributed by atoms with Crippen molar-refractivity contribution < 1.29 is 0 Å². The molecule has 0 saturated carbocycles. The second-order valence-corrected chi connectivity index (χ2v) is 5.83. The van der Waals surface area contributed by atoms with E-state index < -0.39 is 0 Å². The van der Waals surface area contributed by atoms with Gasteiger partial charge in [0.2, 0.25) is 0 Å². The van der Waals surface area contributed by atoms with Crippen LogP contribution < -0.4 is 4.90 Å². The Morgan fingerprint density at radius 2 is 1.90 bits per heavy atom. The van der Waals surface area contributed by atoms with E-state index in [4.69, 9.17) is 0 Å². The molecule has 2 aliphatic heterocycles. The third-order valence-electron chi connectivity index (χ3n) is 4.52. The normalized spacial score (nSPS) is 21.6. The summed E-state index contributed by atoms with van der Waals surface area (Å²) in [6.07, 6.45) is 2.92. The summed E-state index contributed by atoms with van der Waals surface area (Å²) in [4.78, 5) is 9.60. The molecule has 20 heavy (non-hydrogen) atoms. The summed E-state index contributed by atoms with van der Waals surface area (Å²) in [5.41, 5.74) is 4.27. The van der Waals surface area contributed by atoms with E-state index in [0.29, 0.717) is 6.04 Å². The van der Waals surface area contributed by atoms with Gasteiger partial charge in [0.05, 0.1) is 6.04 Å². The van der Waals surface area contributed by atoms with Crippen LogP contribution in [-0.4, -0.2) is 36.6 Å². The van der Waals surface area contributed by atoms with Crippen molar-refractivity contribution in [2.24, 2.45) is 0 Å². The monoisotopic (exact) mass is 264 g/mol. The Labute approximate surface area is 119 Å². The number of fused-ring (bicyclic) bond motifs is 5. The van der Waals surface area contributed by atoms with Gasteiger partial charge in [-0.05, 0) is 29.8 Å². The first-order valence-electron chi connectivity index (χ1n) is 7.30. The molecule has 0 bridgehead atoms. The highest BCUT2D eigenvalue weighted by atomic mass is 15.3. The highest BCUT2D eigenvalue weighted by Crippen LogP contribution is 2.37. The van der Waals surface area contributed by atoms with E-state index in [1.165, 1.54) is 22.5 Å². The fourth-order valence-electron chi connectivity index (χ4n) is 3.49. The molecular weight excluding hydrogens is 245 g/mol. The lowest BCUT2D eigenvalue weighted by molar-refractivity contribution is 0.268. The molecule has 0 radical (unpaired) electrons. The minimum atomic E-state index is 0.432. The number of benzene rings is 1. The third kappa shape index (κ3) is 1.81. The first-order valence-corrected chi connectivity index (χ1v) is 7.30. The van der Waals surface area contributed by atoms with Crippen molar-refractivity contribution in [3.05, 3.63) is 59.3 Å². The number of piperazine rings is 1. The number of hydrogen-bond acceptors (Lipinski definition) is 3. The predicted molar refractivity (Wildman–Crippen MR) is 81.1 cm³/mol. The van der Waals surface area contributed by atoms with Crippen LogP contribution in [0.4, 0.5) is 5.82 Å². The van der Waals surface area contributed by atoms with E-state index >= 15 is 0 Å². The van der Waals surface area contributed by atoms with Crippen LogP contribution in [-0.2, 0) is 6.42 Å². The van der Waals surface area contributed by atoms with Crippen molar-refractivity contribution in [3.63, 3.8) is 0 Å². The van der Waals surface area contributed by atoms with Crippen LogP contribution in [0.25, 0.3) is 0 Å². The van der Waals surface area contributed by atoms with Gasteiger partial charge in [0.25, 0.3) is 0 Å². The van der Waals surface area contributed by atoms with Gasteiger partial charge in [-0.2, -0.15) is 0 Å². The van der Waals surface area contributed by atoms with Crippen molar-refractivity contribution in [3.8, 4) is 0 Å². The number of aromatic nitrogens is 1. The lowest BCUT2D eigenvalue weighted by atomic mass is 9.96. The van der Waals surface area contributed by atoms with Crippen molar-refractivity contribution in [2.75, 3.05) is 31.6 Å². The maximum Gasteiger partial charge on any atom is 0.132 e. The summed E-state index contributed by atoms with van der Waals surface area (Å²) in [6, 6.07) is 13.6. The SMILES string of the molecule is [11CH3]N1CCN2c3ncccc3Cc3ccccc3C2C1. The van der Waals surface area contributed by atoms with E-state index in [0.717, 1.165) is 26.1 Å². The van der Waals surface area contributed by atoms with Crippen LogP contribution in [0.15, 0.2) is 42.6 Å². The number of likely N-dealkylation sites (N-methyl/N-ethyl adjacent to an activating group) is 1. The number of nitrogens with zero attached hydrogens (tertiary/aromatic N) is 3. The van der Waals surface area contributed by atoms with Crippen LogP contribution in [0.5, 0.6) is 0 Å². The summed E-state index contributed by atoms with van der Waals surface area (Å²) in [6.45, 7) is 3.24. The molecule has 0 amide bonds. The van der Waals surface area contributed by atoms with Gasteiger partial charge >= 0.3 is 0 Å². The molecule has 2 aromatic rings. The zero-order valence-electron chi connectivity index (χ0n) is 11.8. The molecule has 1 unspecified atom stereocenters. The molecule has 0 N–H and O–H groups in total. The average Bonchev–Trinajstić information content (AvgIpc) is 2.61. The zero-order valence-corrected chi connectivity index (χ0v) is 11.8. The Morgan fingerprint density at radius 3 is 2.85 bits per heavy atom. The fraction of sp³-hybridized carbons (Fsp3) is 0.353. The highest BCUT2D eigenvalue weighted by molar-refractivity contribution is 5.56. The van der Waals surface area contributed by atoms with Crippen molar-refractivity contribution in [2.45, 2.75) is 12.5 Å².